The molecule has 0 saturated heterocycles. The molecule has 0 spiro atoms. The van der Waals surface area contributed by atoms with E-state index in [-0.39, 0.29) is 16.3 Å². The predicted molar refractivity (Wildman–Crippen MR) is 123 cm³/mol. The van der Waals surface area contributed by atoms with Crippen LogP contribution in [0.1, 0.15) is 27.5 Å². The Bertz CT molecular complexity index is 1300. The molecule has 1 N–H and O–H groups in total. The summed E-state index contributed by atoms with van der Waals surface area (Å²) in [5.41, 5.74) is 2.49. The summed E-state index contributed by atoms with van der Waals surface area (Å²) in [5.74, 6) is 0.580. The van der Waals surface area contributed by atoms with Crippen molar-refractivity contribution >= 4 is 19.9 Å². The van der Waals surface area contributed by atoms with Crippen LogP contribution in [-0.2, 0) is 19.9 Å². The molecule has 0 aliphatic rings. The molecule has 0 saturated carbocycles. The summed E-state index contributed by atoms with van der Waals surface area (Å²) >= 11 is 0. The fourth-order valence-electron chi connectivity index (χ4n) is 3.40. The van der Waals surface area contributed by atoms with Crippen molar-refractivity contribution in [1.82, 2.24) is 9.71 Å². The lowest BCUT2D eigenvalue weighted by molar-refractivity contribution is 0.411. The van der Waals surface area contributed by atoms with Gasteiger partial charge in [0, 0.05) is 18.9 Å². The van der Waals surface area contributed by atoms with Crippen LogP contribution in [-0.4, -0.2) is 35.5 Å². The number of hydrogen-bond donors (Lipinski definition) is 1. The zero-order valence-electron chi connectivity index (χ0n) is 18.4. The Hall–Kier alpha value is -2.75. The topological polar surface area (TPSA) is 102 Å². The molecule has 0 unspecified atom stereocenters. The van der Waals surface area contributed by atoms with Crippen LogP contribution >= 0.6 is 0 Å². The predicted octanol–water partition coefficient (Wildman–Crippen LogP) is 3.51. The molecule has 9 heteroatoms. The van der Waals surface area contributed by atoms with Crippen molar-refractivity contribution in [3.63, 3.8) is 0 Å². The van der Waals surface area contributed by atoms with Gasteiger partial charge in [0.2, 0.25) is 10.0 Å². The molecule has 3 rings (SSSR count). The van der Waals surface area contributed by atoms with Crippen molar-refractivity contribution in [1.29, 1.82) is 0 Å². The number of benzene rings is 2. The third-order valence-electron chi connectivity index (χ3n) is 5.22. The highest BCUT2D eigenvalue weighted by atomic mass is 32.2. The standard InChI is InChI=1S/C23H26N2O5S2/c1-16-7-9-20(10-8-16)31(26,27)23(19-6-5-11-24-14-19)15-25-32(28,29)22-13-17(2)21(30-4)12-18(22)3/h5-14,23,25H,15H2,1-4H3/t23-/m0/s1. The van der Waals surface area contributed by atoms with Crippen LogP contribution in [0.25, 0.3) is 0 Å². The van der Waals surface area contributed by atoms with E-state index in [0.29, 0.717) is 22.4 Å². The highest BCUT2D eigenvalue weighted by molar-refractivity contribution is 7.92. The lowest BCUT2D eigenvalue weighted by atomic mass is 10.1. The van der Waals surface area contributed by atoms with Crippen molar-refractivity contribution in [2.45, 2.75) is 35.8 Å². The van der Waals surface area contributed by atoms with Gasteiger partial charge in [-0.2, -0.15) is 0 Å². The highest BCUT2D eigenvalue weighted by Crippen LogP contribution is 2.30. The van der Waals surface area contributed by atoms with E-state index >= 15 is 0 Å². The monoisotopic (exact) mass is 474 g/mol. The van der Waals surface area contributed by atoms with Gasteiger partial charge in [0.15, 0.2) is 9.84 Å². The first kappa shape index (κ1) is 23.9. The van der Waals surface area contributed by atoms with Gasteiger partial charge in [-0.15, -0.1) is 0 Å². The number of pyridine rings is 1. The molecule has 3 aromatic rings. The second kappa shape index (κ2) is 9.40. The summed E-state index contributed by atoms with van der Waals surface area (Å²) in [6, 6.07) is 12.9. The Morgan fingerprint density at radius 1 is 0.969 bits per heavy atom. The number of rotatable bonds is 8. The number of nitrogens with zero attached hydrogens (tertiary/aromatic N) is 1. The second-order valence-corrected chi connectivity index (χ2v) is 11.4. The molecular weight excluding hydrogens is 448 g/mol. The normalized spacial score (nSPS) is 13.0. The Morgan fingerprint density at radius 2 is 1.66 bits per heavy atom. The summed E-state index contributed by atoms with van der Waals surface area (Å²) in [6.45, 7) is 4.94. The first-order valence-corrected chi connectivity index (χ1v) is 12.9. The van der Waals surface area contributed by atoms with Crippen LogP contribution in [0.5, 0.6) is 5.75 Å². The number of hydrogen-bond acceptors (Lipinski definition) is 6. The highest BCUT2D eigenvalue weighted by Gasteiger charge is 2.31. The molecule has 0 amide bonds. The average molecular weight is 475 g/mol. The number of sulfone groups is 1. The number of aromatic nitrogens is 1. The van der Waals surface area contributed by atoms with Gasteiger partial charge in [-0.05, 0) is 67.8 Å². The van der Waals surface area contributed by atoms with Crippen molar-refractivity contribution in [3.05, 3.63) is 83.2 Å². The number of aryl methyl sites for hydroxylation is 3. The summed E-state index contributed by atoms with van der Waals surface area (Å²) in [6.07, 6.45) is 2.97. The molecule has 0 fully saturated rings. The summed E-state index contributed by atoms with van der Waals surface area (Å²) < 4.78 is 60.8. The largest absolute Gasteiger partial charge is 0.496 e. The van der Waals surface area contributed by atoms with Crippen LogP contribution < -0.4 is 9.46 Å². The van der Waals surface area contributed by atoms with E-state index < -0.39 is 25.1 Å². The van der Waals surface area contributed by atoms with Crippen molar-refractivity contribution in [2.75, 3.05) is 13.7 Å². The van der Waals surface area contributed by atoms with Crippen molar-refractivity contribution in [2.24, 2.45) is 0 Å². The van der Waals surface area contributed by atoms with Gasteiger partial charge in [-0.3, -0.25) is 4.98 Å². The molecule has 1 aromatic heterocycles. The number of sulfonamides is 1. The minimum absolute atomic E-state index is 0.0773. The van der Waals surface area contributed by atoms with Gasteiger partial charge in [0.05, 0.1) is 16.9 Å². The smallest absolute Gasteiger partial charge is 0.240 e. The van der Waals surface area contributed by atoms with E-state index in [1.54, 1.807) is 44.2 Å². The van der Waals surface area contributed by atoms with Crippen LogP contribution in [0.4, 0.5) is 0 Å². The van der Waals surface area contributed by atoms with Crippen LogP contribution in [0.3, 0.4) is 0 Å². The number of ether oxygens (including phenoxy) is 1. The number of methoxy groups -OCH3 is 1. The van der Waals surface area contributed by atoms with Crippen molar-refractivity contribution < 1.29 is 21.6 Å². The SMILES string of the molecule is COc1cc(C)c(S(=O)(=O)NC[C@@H](c2cccnc2)S(=O)(=O)c2ccc(C)cc2)cc1C. The summed E-state index contributed by atoms with van der Waals surface area (Å²) in [7, 11) is -6.36. The molecule has 32 heavy (non-hydrogen) atoms. The van der Waals surface area contributed by atoms with E-state index in [1.165, 1.54) is 37.7 Å². The van der Waals surface area contributed by atoms with Gasteiger partial charge in [0.1, 0.15) is 11.0 Å². The summed E-state index contributed by atoms with van der Waals surface area (Å²) in [4.78, 5) is 4.21. The molecular formula is C23H26N2O5S2. The maximum absolute atomic E-state index is 13.4. The van der Waals surface area contributed by atoms with E-state index in [9.17, 15) is 16.8 Å². The quantitative estimate of drug-likeness (QED) is 0.536. The zero-order chi connectivity index (χ0) is 23.5. The Kier molecular flexibility index (Phi) is 7.02. The van der Waals surface area contributed by atoms with Crippen LogP contribution in [0.15, 0.2) is 70.7 Å². The molecule has 7 nitrogen and oxygen atoms in total. The zero-order valence-corrected chi connectivity index (χ0v) is 20.0. The molecule has 0 aliphatic heterocycles. The maximum Gasteiger partial charge on any atom is 0.240 e. The lowest BCUT2D eigenvalue weighted by Gasteiger charge is -2.20. The lowest BCUT2D eigenvalue weighted by Crippen LogP contribution is -2.32. The first-order chi connectivity index (χ1) is 15.1. The van der Waals surface area contributed by atoms with Crippen LogP contribution in [0, 0.1) is 20.8 Å². The molecule has 0 aliphatic carbocycles. The summed E-state index contributed by atoms with van der Waals surface area (Å²) in [5, 5.41) is -1.15. The Morgan fingerprint density at radius 3 is 2.25 bits per heavy atom. The molecule has 2 aromatic carbocycles. The minimum Gasteiger partial charge on any atom is -0.496 e. The first-order valence-electron chi connectivity index (χ1n) is 9.91. The third kappa shape index (κ3) is 5.01. The molecule has 0 radical (unpaired) electrons. The molecule has 0 bridgehead atoms. The van der Waals surface area contributed by atoms with Gasteiger partial charge in [-0.25, -0.2) is 21.6 Å². The molecule has 1 heterocycles. The van der Waals surface area contributed by atoms with Gasteiger partial charge in [0.25, 0.3) is 0 Å². The van der Waals surface area contributed by atoms with E-state index in [2.05, 4.69) is 9.71 Å². The van der Waals surface area contributed by atoms with Gasteiger partial charge >= 0.3 is 0 Å². The van der Waals surface area contributed by atoms with E-state index in [1.807, 2.05) is 6.92 Å². The number of nitrogens with one attached hydrogen (secondary N) is 1. The maximum atomic E-state index is 13.4. The Balaban J connectivity index is 1.98. The molecule has 170 valence electrons. The fourth-order valence-corrected chi connectivity index (χ4v) is 6.51. The van der Waals surface area contributed by atoms with Crippen LogP contribution in [0.2, 0.25) is 0 Å². The van der Waals surface area contributed by atoms with Crippen molar-refractivity contribution in [3.8, 4) is 5.75 Å². The van der Waals surface area contributed by atoms with E-state index in [0.717, 1.165) is 5.56 Å². The fraction of sp³-hybridized carbons (Fsp3) is 0.261. The Labute approximate surface area is 189 Å². The van der Waals surface area contributed by atoms with Gasteiger partial charge in [-0.1, -0.05) is 23.8 Å². The average Bonchev–Trinajstić information content (AvgIpc) is 2.76. The molecule has 1 atom stereocenters. The minimum atomic E-state index is -3.98. The van der Waals surface area contributed by atoms with Gasteiger partial charge < -0.3 is 4.74 Å². The van der Waals surface area contributed by atoms with E-state index in [4.69, 9.17) is 4.74 Å². The second-order valence-electron chi connectivity index (χ2n) is 7.57. The third-order valence-corrected chi connectivity index (χ3v) is 8.90.